The second-order valence-corrected chi connectivity index (χ2v) is 5.81. The number of aromatic amines is 1. The highest BCUT2D eigenvalue weighted by Gasteiger charge is 2.28. The fourth-order valence-electron chi connectivity index (χ4n) is 2.75. The molecule has 0 saturated carbocycles. The molecular formula is C17H19ClN3O2+. The number of pyridine rings is 1. The van der Waals surface area contributed by atoms with E-state index in [4.69, 9.17) is 16.3 Å². The second-order valence-electron chi connectivity index (χ2n) is 5.37. The molecule has 1 amide bonds. The number of anilines is 1. The van der Waals surface area contributed by atoms with Gasteiger partial charge in [-0.1, -0.05) is 17.7 Å². The number of nitrogens with zero attached hydrogens (tertiary/aromatic N) is 2. The van der Waals surface area contributed by atoms with Gasteiger partial charge in [0.15, 0.2) is 0 Å². The molecule has 0 radical (unpaired) electrons. The van der Waals surface area contributed by atoms with Crippen molar-refractivity contribution in [2.24, 2.45) is 0 Å². The number of hydrogen-bond donors (Lipinski definition) is 0. The summed E-state index contributed by atoms with van der Waals surface area (Å²) in [7, 11) is 1.56. The van der Waals surface area contributed by atoms with Crippen molar-refractivity contribution in [2.75, 3.05) is 38.2 Å². The molecule has 0 spiro atoms. The minimum absolute atomic E-state index is 0.0407. The van der Waals surface area contributed by atoms with Crippen LogP contribution in [-0.2, 0) is 0 Å². The fraction of sp³-hybridized carbons (Fsp3) is 0.294. The number of carbonyl (C=O) groups excluding carboxylic acids is 1. The predicted molar refractivity (Wildman–Crippen MR) is 89.1 cm³/mol. The molecule has 1 fully saturated rings. The van der Waals surface area contributed by atoms with E-state index in [2.05, 4.69) is 9.88 Å². The average molecular weight is 333 g/mol. The van der Waals surface area contributed by atoms with Crippen LogP contribution in [0.25, 0.3) is 0 Å². The highest BCUT2D eigenvalue weighted by atomic mass is 35.5. The monoisotopic (exact) mass is 332 g/mol. The summed E-state index contributed by atoms with van der Waals surface area (Å²) in [6, 6.07) is 11.1. The van der Waals surface area contributed by atoms with Crippen molar-refractivity contribution >= 4 is 23.3 Å². The number of methoxy groups -OCH3 is 1. The number of ether oxygens (including phenoxy) is 1. The zero-order valence-corrected chi connectivity index (χ0v) is 13.7. The van der Waals surface area contributed by atoms with Crippen LogP contribution in [0, 0.1) is 0 Å². The van der Waals surface area contributed by atoms with Crippen LogP contribution in [0.15, 0.2) is 42.6 Å². The summed E-state index contributed by atoms with van der Waals surface area (Å²) in [5.74, 6) is 1.58. The van der Waals surface area contributed by atoms with Gasteiger partial charge in [-0.05, 0) is 24.3 Å². The van der Waals surface area contributed by atoms with Gasteiger partial charge in [0.05, 0.1) is 32.0 Å². The van der Waals surface area contributed by atoms with Gasteiger partial charge in [-0.25, -0.2) is 4.98 Å². The van der Waals surface area contributed by atoms with Crippen LogP contribution in [0.3, 0.4) is 0 Å². The zero-order valence-electron chi connectivity index (χ0n) is 13.0. The molecule has 1 aromatic carbocycles. The number of piperazine rings is 1. The van der Waals surface area contributed by atoms with E-state index < -0.39 is 0 Å². The molecule has 1 N–H and O–H groups in total. The first kappa shape index (κ1) is 15.6. The quantitative estimate of drug-likeness (QED) is 0.865. The summed E-state index contributed by atoms with van der Waals surface area (Å²) >= 11 is 6.02. The van der Waals surface area contributed by atoms with Crippen LogP contribution < -0.4 is 14.6 Å². The molecule has 2 aromatic rings. The lowest BCUT2D eigenvalue weighted by molar-refractivity contribution is -0.364. The van der Waals surface area contributed by atoms with Crippen LogP contribution in [0.1, 0.15) is 10.4 Å². The van der Waals surface area contributed by atoms with Gasteiger partial charge >= 0.3 is 0 Å². The van der Waals surface area contributed by atoms with Crippen molar-refractivity contribution in [1.29, 1.82) is 0 Å². The number of hydrogen-bond acceptors (Lipinski definition) is 3. The number of aromatic nitrogens is 1. The van der Waals surface area contributed by atoms with Crippen LogP contribution >= 0.6 is 11.6 Å². The fourth-order valence-corrected chi connectivity index (χ4v) is 2.92. The van der Waals surface area contributed by atoms with Crippen LogP contribution in [-0.4, -0.2) is 44.1 Å². The number of nitrogens with one attached hydrogen (secondary N) is 1. The normalized spacial score (nSPS) is 14.7. The molecule has 0 unspecified atom stereocenters. The lowest BCUT2D eigenvalue weighted by atomic mass is 10.1. The smallest absolute Gasteiger partial charge is 0.274 e. The molecule has 2 heterocycles. The first-order valence-corrected chi connectivity index (χ1v) is 7.91. The minimum Gasteiger partial charge on any atom is -0.496 e. The molecule has 1 aliphatic heterocycles. The lowest BCUT2D eigenvalue weighted by Crippen LogP contribution is -2.50. The highest BCUT2D eigenvalue weighted by molar-refractivity contribution is 6.31. The maximum atomic E-state index is 12.7. The molecule has 3 rings (SSSR count). The topological polar surface area (TPSA) is 46.9 Å². The summed E-state index contributed by atoms with van der Waals surface area (Å²) in [5, 5.41) is 0.534. The van der Waals surface area contributed by atoms with Crippen molar-refractivity contribution in [3.8, 4) is 5.75 Å². The number of rotatable bonds is 3. The summed E-state index contributed by atoms with van der Waals surface area (Å²) in [6.07, 6.45) is 1.91. The van der Waals surface area contributed by atoms with Crippen molar-refractivity contribution in [2.45, 2.75) is 0 Å². The van der Waals surface area contributed by atoms with E-state index in [0.29, 0.717) is 29.4 Å². The largest absolute Gasteiger partial charge is 0.496 e. The molecule has 120 valence electrons. The van der Waals surface area contributed by atoms with Crippen molar-refractivity contribution in [3.05, 3.63) is 53.2 Å². The minimum atomic E-state index is -0.0407. The Balaban J connectivity index is 1.70. The van der Waals surface area contributed by atoms with E-state index in [1.54, 1.807) is 25.3 Å². The van der Waals surface area contributed by atoms with E-state index in [1.807, 2.05) is 29.3 Å². The molecule has 1 aromatic heterocycles. The van der Waals surface area contributed by atoms with Gasteiger partial charge in [-0.3, -0.25) is 9.69 Å². The van der Waals surface area contributed by atoms with Gasteiger partial charge in [0.2, 0.25) is 0 Å². The molecule has 1 saturated heterocycles. The van der Waals surface area contributed by atoms with Crippen molar-refractivity contribution in [1.82, 2.24) is 4.90 Å². The first-order chi connectivity index (χ1) is 11.2. The van der Waals surface area contributed by atoms with Crippen molar-refractivity contribution < 1.29 is 14.5 Å². The van der Waals surface area contributed by atoms with Crippen LogP contribution in [0.2, 0.25) is 5.02 Å². The molecule has 23 heavy (non-hydrogen) atoms. The Labute approximate surface area is 140 Å². The third-order valence-electron chi connectivity index (χ3n) is 3.99. The Hall–Kier alpha value is -2.27. The molecular weight excluding hydrogens is 314 g/mol. The Kier molecular flexibility index (Phi) is 4.67. The molecule has 0 aliphatic carbocycles. The van der Waals surface area contributed by atoms with Crippen LogP contribution in [0.4, 0.5) is 5.82 Å². The third-order valence-corrected chi connectivity index (χ3v) is 4.23. The Morgan fingerprint density at radius 3 is 2.61 bits per heavy atom. The molecule has 5 nitrogen and oxygen atoms in total. The number of carbonyl (C=O) groups is 1. The lowest BCUT2D eigenvalue weighted by Gasteiger charge is -2.31. The Bertz CT molecular complexity index is 685. The number of halogens is 1. The zero-order chi connectivity index (χ0) is 16.2. The van der Waals surface area contributed by atoms with Gasteiger partial charge in [-0.2, -0.15) is 0 Å². The number of benzene rings is 1. The van der Waals surface area contributed by atoms with Gasteiger partial charge in [-0.15, -0.1) is 0 Å². The van der Waals surface area contributed by atoms with Crippen molar-refractivity contribution in [3.63, 3.8) is 0 Å². The number of H-pyrrole nitrogens is 1. The summed E-state index contributed by atoms with van der Waals surface area (Å²) in [4.78, 5) is 20.0. The summed E-state index contributed by atoms with van der Waals surface area (Å²) < 4.78 is 5.28. The van der Waals surface area contributed by atoms with Gasteiger partial charge in [0, 0.05) is 11.1 Å². The maximum absolute atomic E-state index is 12.7. The molecule has 1 aliphatic rings. The van der Waals surface area contributed by atoms with E-state index in [9.17, 15) is 4.79 Å². The molecule has 0 atom stereocenters. The Morgan fingerprint density at radius 1 is 1.17 bits per heavy atom. The average Bonchev–Trinajstić information content (AvgIpc) is 2.62. The van der Waals surface area contributed by atoms with Gasteiger partial charge in [0.25, 0.3) is 11.7 Å². The highest BCUT2D eigenvalue weighted by Crippen LogP contribution is 2.24. The third kappa shape index (κ3) is 3.40. The van der Waals surface area contributed by atoms with E-state index in [1.165, 1.54) is 0 Å². The second kappa shape index (κ2) is 6.87. The van der Waals surface area contributed by atoms with E-state index in [0.717, 1.165) is 18.9 Å². The SMILES string of the molecule is COc1ccc(Cl)cc1C(=O)N1CCN(c2cccc[nH+]2)CC1. The maximum Gasteiger partial charge on any atom is 0.274 e. The first-order valence-electron chi connectivity index (χ1n) is 7.53. The standard InChI is InChI=1S/C17H18ClN3O2/c1-23-15-6-5-13(18)12-14(15)17(22)21-10-8-20(9-11-21)16-4-2-3-7-19-16/h2-7,12H,8-11H2,1H3/p+1. The van der Waals surface area contributed by atoms with E-state index >= 15 is 0 Å². The molecule has 6 heteroatoms. The van der Waals surface area contributed by atoms with Crippen LogP contribution in [0.5, 0.6) is 5.75 Å². The Morgan fingerprint density at radius 2 is 1.96 bits per heavy atom. The number of amides is 1. The van der Waals surface area contributed by atoms with E-state index in [-0.39, 0.29) is 5.91 Å². The predicted octanol–water partition coefficient (Wildman–Crippen LogP) is 2.13. The molecule has 0 bridgehead atoms. The van der Waals surface area contributed by atoms with Gasteiger partial charge in [0.1, 0.15) is 18.8 Å². The summed E-state index contributed by atoms with van der Waals surface area (Å²) in [5.41, 5.74) is 0.514. The van der Waals surface area contributed by atoms with Gasteiger partial charge < -0.3 is 9.64 Å². The summed E-state index contributed by atoms with van der Waals surface area (Å²) in [6.45, 7) is 2.90.